The molecule has 0 radical (unpaired) electrons. The molecule has 0 aromatic heterocycles. The summed E-state index contributed by atoms with van der Waals surface area (Å²) in [6.45, 7) is 0.247. The molecule has 0 bridgehead atoms. The van der Waals surface area contributed by atoms with Crippen LogP contribution in [0.2, 0.25) is 0 Å². The van der Waals surface area contributed by atoms with E-state index < -0.39 is 6.04 Å². The normalized spacial score (nSPS) is 12.8. The van der Waals surface area contributed by atoms with Crippen molar-refractivity contribution < 1.29 is 0 Å². The summed E-state index contributed by atoms with van der Waals surface area (Å²) in [4.78, 5) is 0. The van der Waals surface area contributed by atoms with E-state index in [1.807, 2.05) is 0 Å². The predicted octanol–water partition coefficient (Wildman–Crippen LogP) is -1.20. The molecule has 0 rings (SSSR count). The Balaban J connectivity index is 3.04. The molecule has 0 fully saturated rings. The lowest BCUT2D eigenvalue weighted by Crippen LogP contribution is -2.27. The van der Waals surface area contributed by atoms with E-state index in [2.05, 4.69) is 0 Å². The van der Waals surface area contributed by atoms with Crippen molar-refractivity contribution >= 4 is 0 Å². The maximum atomic E-state index is 7.88. The predicted molar refractivity (Wildman–Crippen MR) is 22.6 cm³/mol. The smallest absolute Gasteiger partial charge is 0.105 e. The Morgan fingerprint density at radius 2 is 2.33 bits per heavy atom. The van der Waals surface area contributed by atoms with Crippen LogP contribution in [0.25, 0.3) is 0 Å². The van der Waals surface area contributed by atoms with E-state index in [-0.39, 0.29) is 6.54 Å². The van der Waals surface area contributed by atoms with Gasteiger partial charge in [0, 0.05) is 6.54 Å². The zero-order chi connectivity index (χ0) is 4.99. The van der Waals surface area contributed by atoms with Crippen LogP contribution < -0.4 is 11.5 Å². The van der Waals surface area contributed by atoms with E-state index in [1.54, 1.807) is 6.07 Å². The van der Waals surface area contributed by atoms with Crippen LogP contribution in [-0.2, 0) is 0 Å². The highest BCUT2D eigenvalue weighted by atomic mass is 14.7. The third kappa shape index (κ3) is 1.70. The first-order valence-corrected chi connectivity index (χ1v) is 1.66. The van der Waals surface area contributed by atoms with Crippen LogP contribution >= 0.6 is 0 Å². The van der Waals surface area contributed by atoms with Crippen LogP contribution in [0.5, 0.6) is 0 Å². The molecule has 0 aromatic carbocycles. The second-order valence-electron chi connectivity index (χ2n) is 0.971. The number of nitrogens with two attached hydrogens (primary N) is 2. The second kappa shape index (κ2) is 2.64. The van der Waals surface area contributed by atoms with Crippen molar-refractivity contribution in [3.05, 3.63) is 0 Å². The molecule has 34 valence electrons. The fourth-order valence-corrected chi connectivity index (χ4v) is 0.0527. The molecule has 3 heteroatoms. The molecular formula is C3H7N3. The van der Waals surface area contributed by atoms with E-state index in [0.717, 1.165) is 0 Å². The van der Waals surface area contributed by atoms with Crippen LogP contribution in [0.1, 0.15) is 0 Å². The van der Waals surface area contributed by atoms with Gasteiger partial charge in [-0.1, -0.05) is 0 Å². The molecule has 0 heterocycles. The molecule has 0 unspecified atom stereocenters. The van der Waals surface area contributed by atoms with Crippen molar-refractivity contribution in [2.75, 3.05) is 6.54 Å². The summed E-state index contributed by atoms with van der Waals surface area (Å²) in [5.74, 6) is 0. The lowest BCUT2D eigenvalue weighted by Gasteiger charge is -1.89. The highest BCUT2D eigenvalue weighted by Crippen LogP contribution is 1.60. The third-order valence-electron chi connectivity index (χ3n) is 0.420. The maximum absolute atomic E-state index is 7.88. The van der Waals surface area contributed by atoms with Crippen molar-refractivity contribution in [1.82, 2.24) is 0 Å². The van der Waals surface area contributed by atoms with E-state index in [9.17, 15) is 0 Å². The molecule has 0 saturated carbocycles. The summed E-state index contributed by atoms with van der Waals surface area (Å²) in [7, 11) is 0. The Morgan fingerprint density at radius 1 is 1.83 bits per heavy atom. The molecule has 4 N–H and O–H groups in total. The minimum absolute atomic E-state index is 0.247. The molecule has 0 amide bonds. The summed E-state index contributed by atoms with van der Waals surface area (Å²) in [5.41, 5.74) is 9.92. The van der Waals surface area contributed by atoms with E-state index in [0.29, 0.717) is 0 Å². The van der Waals surface area contributed by atoms with Crippen LogP contribution in [0.15, 0.2) is 0 Å². The Labute approximate surface area is 36.5 Å². The molecule has 6 heavy (non-hydrogen) atoms. The van der Waals surface area contributed by atoms with Crippen molar-refractivity contribution in [1.29, 1.82) is 5.26 Å². The number of nitrogens with zero attached hydrogens (tertiary/aromatic N) is 1. The van der Waals surface area contributed by atoms with Gasteiger partial charge in [-0.05, 0) is 0 Å². The van der Waals surface area contributed by atoms with Gasteiger partial charge in [-0.3, -0.25) is 0 Å². The summed E-state index contributed by atoms with van der Waals surface area (Å²) in [6.07, 6.45) is 0. The van der Waals surface area contributed by atoms with E-state index >= 15 is 0 Å². The Hall–Kier alpha value is -0.590. The second-order valence-corrected chi connectivity index (χ2v) is 0.971. The molecule has 0 spiro atoms. The molecule has 0 aromatic rings. The van der Waals surface area contributed by atoms with Gasteiger partial charge in [0.05, 0.1) is 6.07 Å². The highest BCUT2D eigenvalue weighted by Gasteiger charge is 1.88. The molecule has 3 nitrogen and oxygen atoms in total. The van der Waals surface area contributed by atoms with Gasteiger partial charge in [-0.2, -0.15) is 5.26 Å². The van der Waals surface area contributed by atoms with Gasteiger partial charge in [0.15, 0.2) is 0 Å². The van der Waals surface area contributed by atoms with Gasteiger partial charge in [0.25, 0.3) is 0 Å². The number of rotatable bonds is 1. The first-order chi connectivity index (χ1) is 2.81. The van der Waals surface area contributed by atoms with Crippen LogP contribution in [0, 0.1) is 11.3 Å². The quantitative estimate of drug-likeness (QED) is 0.419. The van der Waals surface area contributed by atoms with Crippen LogP contribution in [0.3, 0.4) is 0 Å². The van der Waals surface area contributed by atoms with Crippen LogP contribution in [-0.4, -0.2) is 12.6 Å². The Morgan fingerprint density at radius 3 is 2.33 bits per heavy atom. The summed E-state index contributed by atoms with van der Waals surface area (Å²) < 4.78 is 0. The van der Waals surface area contributed by atoms with Gasteiger partial charge in [0.1, 0.15) is 6.04 Å². The lowest BCUT2D eigenvalue weighted by molar-refractivity contribution is 0.836. The highest BCUT2D eigenvalue weighted by molar-refractivity contribution is 4.86. The Kier molecular flexibility index (Phi) is 2.38. The molecule has 0 aliphatic carbocycles. The maximum Gasteiger partial charge on any atom is 0.105 e. The third-order valence-corrected chi connectivity index (χ3v) is 0.420. The minimum Gasteiger partial charge on any atom is -0.328 e. The van der Waals surface area contributed by atoms with Crippen molar-refractivity contribution in [2.45, 2.75) is 6.04 Å². The van der Waals surface area contributed by atoms with Gasteiger partial charge in [-0.15, -0.1) is 0 Å². The first-order valence-electron chi connectivity index (χ1n) is 1.66. The lowest BCUT2D eigenvalue weighted by atomic mass is 10.4. The molecule has 0 aliphatic rings. The Bertz CT molecular complexity index is 62.9. The van der Waals surface area contributed by atoms with Crippen molar-refractivity contribution in [3.8, 4) is 6.07 Å². The number of hydrogen-bond donors (Lipinski definition) is 2. The fraction of sp³-hybridized carbons (Fsp3) is 0.667. The first kappa shape index (κ1) is 5.41. The molecule has 0 saturated heterocycles. The monoisotopic (exact) mass is 85.1 g/mol. The summed E-state index contributed by atoms with van der Waals surface area (Å²) >= 11 is 0. The van der Waals surface area contributed by atoms with E-state index in [1.165, 1.54) is 0 Å². The topological polar surface area (TPSA) is 75.8 Å². The summed E-state index contributed by atoms with van der Waals surface area (Å²) in [5, 5.41) is 7.88. The van der Waals surface area contributed by atoms with Crippen molar-refractivity contribution in [2.24, 2.45) is 11.5 Å². The van der Waals surface area contributed by atoms with Gasteiger partial charge in [0.2, 0.25) is 0 Å². The van der Waals surface area contributed by atoms with E-state index in [4.69, 9.17) is 16.7 Å². The van der Waals surface area contributed by atoms with Crippen molar-refractivity contribution in [3.63, 3.8) is 0 Å². The average molecular weight is 85.1 g/mol. The zero-order valence-corrected chi connectivity index (χ0v) is 3.39. The molecular weight excluding hydrogens is 78.1 g/mol. The van der Waals surface area contributed by atoms with Gasteiger partial charge < -0.3 is 11.5 Å². The molecule has 1 atom stereocenters. The zero-order valence-electron chi connectivity index (χ0n) is 3.39. The van der Waals surface area contributed by atoms with Gasteiger partial charge >= 0.3 is 0 Å². The average Bonchev–Trinajstić information content (AvgIpc) is 1.65. The molecule has 0 aliphatic heterocycles. The van der Waals surface area contributed by atoms with Crippen LogP contribution in [0.4, 0.5) is 0 Å². The number of hydrogen-bond acceptors (Lipinski definition) is 3. The van der Waals surface area contributed by atoms with Gasteiger partial charge in [-0.25, -0.2) is 0 Å². The number of nitriles is 1. The minimum atomic E-state index is -0.481. The fourth-order valence-electron chi connectivity index (χ4n) is 0.0527. The standard InChI is InChI=1S/C3H7N3/c4-1-3(6)2-5/h3H,1,4,6H2/t3-/m1/s1. The SMILES string of the molecule is N#C[C@H](N)CN. The largest absolute Gasteiger partial charge is 0.328 e. The summed E-state index contributed by atoms with van der Waals surface area (Å²) in [6, 6.07) is 1.29.